The minimum absolute atomic E-state index is 0.688. The van der Waals surface area contributed by atoms with E-state index in [0.717, 1.165) is 6.26 Å². The Morgan fingerprint density at radius 3 is 1.75 bits per heavy atom. The van der Waals surface area contributed by atoms with Gasteiger partial charge in [-0.05, 0) is 13.8 Å². The number of hydrogen-bond donors (Lipinski definition) is 1. The lowest BCUT2D eigenvalue weighted by molar-refractivity contribution is 0.590. The Kier molecular flexibility index (Phi) is 2.43. The minimum Gasteiger partial charge on any atom is -0.213 e. The Morgan fingerprint density at radius 1 is 1.38 bits per heavy atom. The van der Waals surface area contributed by atoms with Crippen LogP contribution in [0.3, 0.4) is 0 Å². The summed E-state index contributed by atoms with van der Waals surface area (Å²) >= 11 is 0. The molecular weight excluding hydrogens is 126 g/mol. The lowest BCUT2D eigenvalue weighted by Crippen LogP contribution is -2.22. The average Bonchev–Trinajstić information content (AvgIpc) is 1.21. The van der Waals surface area contributed by atoms with Gasteiger partial charge < -0.3 is 0 Å². The Hall–Kier alpha value is -0.0900. The molecule has 0 saturated heterocycles. The fraction of sp³-hybridized carbons (Fsp3) is 0.750. The minimum atomic E-state index is -3.01. The summed E-state index contributed by atoms with van der Waals surface area (Å²) in [6.07, 6.45) is 1.12. The molecule has 0 rings (SSSR count). The molecule has 0 aliphatic rings. The van der Waals surface area contributed by atoms with E-state index in [2.05, 4.69) is 4.72 Å². The number of hydrogen-bond acceptors (Lipinski definition) is 2. The highest BCUT2D eigenvalue weighted by Crippen LogP contribution is 1.88. The molecule has 0 unspecified atom stereocenters. The van der Waals surface area contributed by atoms with E-state index in [9.17, 15) is 8.42 Å². The van der Waals surface area contributed by atoms with Gasteiger partial charge in [-0.2, -0.15) is 0 Å². The van der Waals surface area contributed by atoms with Crippen LogP contribution in [0.4, 0.5) is 0 Å². The fourth-order valence-electron chi connectivity index (χ4n) is 0.371. The summed E-state index contributed by atoms with van der Waals surface area (Å²) in [5, 5.41) is 0. The first-order chi connectivity index (χ1) is 3.42. The van der Waals surface area contributed by atoms with Crippen LogP contribution in [-0.2, 0) is 10.0 Å². The summed E-state index contributed by atoms with van der Waals surface area (Å²) in [4.78, 5) is 0. The van der Waals surface area contributed by atoms with Crippen molar-refractivity contribution in [3.63, 3.8) is 0 Å². The third-order valence-corrected chi connectivity index (χ3v) is 1.17. The maximum absolute atomic E-state index is 10.3. The summed E-state index contributed by atoms with van der Waals surface area (Å²) in [5.74, 6) is 0. The highest BCUT2D eigenvalue weighted by atomic mass is 32.2. The van der Waals surface area contributed by atoms with Crippen molar-refractivity contribution in [1.29, 1.82) is 0 Å². The molecule has 8 heavy (non-hydrogen) atoms. The normalized spacial score (nSPS) is 12.5. The van der Waals surface area contributed by atoms with E-state index < -0.39 is 10.0 Å². The van der Waals surface area contributed by atoms with Gasteiger partial charge in [0.15, 0.2) is 0 Å². The molecule has 0 aromatic rings. The van der Waals surface area contributed by atoms with Crippen molar-refractivity contribution in [2.75, 3.05) is 6.26 Å². The highest BCUT2D eigenvalue weighted by Gasteiger charge is 2.01. The van der Waals surface area contributed by atoms with Crippen LogP contribution < -0.4 is 4.72 Å². The molecule has 0 spiro atoms. The molecule has 0 aliphatic heterocycles. The Bertz CT molecular complexity index is 147. The summed E-state index contributed by atoms with van der Waals surface area (Å²) < 4.78 is 22.9. The van der Waals surface area contributed by atoms with Crippen LogP contribution in [0, 0.1) is 6.04 Å². The molecule has 0 heterocycles. The van der Waals surface area contributed by atoms with Gasteiger partial charge in [0.2, 0.25) is 10.0 Å². The molecule has 0 aliphatic carbocycles. The molecule has 4 heteroatoms. The SMILES string of the molecule is C[C](C)NS(C)(=O)=O. The Labute approximate surface area is 50.1 Å². The number of sulfonamides is 1. The van der Waals surface area contributed by atoms with Gasteiger partial charge in [-0.1, -0.05) is 0 Å². The summed E-state index contributed by atoms with van der Waals surface area (Å²) in [7, 11) is -3.01. The van der Waals surface area contributed by atoms with Crippen LogP contribution in [0.2, 0.25) is 0 Å². The topological polar surface area (TPSA) is 46.2 Å². The van der Waals surface area contributed by atoms with Crippen LogP contribution >= 0.6 is 0 Å². The second-order valence-corrected chi connectivity index (χ2v) is 3.62. The molecule has 0 aromatic carbocycles. The van der Waals surface area contributed by atoms with Crippen LogP contribution in [0.25, 0.3) is 0 Å². The van der Waals surface area contributed by atoms with Crippen LogP contribution in [-0.4, -0.2) is 14.7 Å². The van der Waals surface area contributed by atoms with E-state index in [1.807, 2.05) is 0 Å². The van der Waals surface area contributed by atoms with Crippen molar-refractivity contribution >= 4 is 10.0 Å². The predicted molar refractivity (Wildman–Crippen MR) is 32.6 cm³/mol. The number of rotatable bonds is 2. The zero-order valence-electron chi connectivity index (χ0n) is 5.22. The maximum atomic E-state index is 10.3. The Balaban J connectivity index is 3.75. The van der Waals surface area contributed by atoms with Crippen molar-refractivity contribution in [2.24, 2.45) is 0 Å². The van der Waals surface area contributed by atoms with Gasteiger partial charge in [0.05, 0.1) is 6.26 Å². The predicted octanol–water partition coefficient (Wildman–Crippen LogP) is 0.107. The fourth-order valence-corrected chi connectivity index (χ4v) is 1.11. The van der Waals surface area contributed by atoms with Gasteiger partial charge in [-0.3, -0.25) is 0 Å². The molecule has 49 valence electrons. The summed E-state index contributed by atoms with van der Waals surface area (Å²) in [6.45, 7) is 3.39. The van der Waals surface area contributed by atoms with E-state index >= 15 is 0 Å². The van der Waals surface area contributed by atoms with Crippen LogP contribution in [0.5, 0.6) is 0 Å². The zero-order chi connectivity index (χ0) is 6.78. The molecule has 1 radical (unpaired) electrons. The highest BCUT2D eigenvalue weighted by molar-refractivity contribution is 7.88. The van der Waals surface area contributed by atoms with Gasteiger partial charge in [0, 0.05) is 6.04 Å². The smallest absolute Gasteiger partial charge is 0.209 e. The molecule has 3 nitrogen and oxygen atoms in total. The van der Waals surface area contributed by atoms with E-state index in [4.69, 9.17) is 0 Å². The third-order valence-electron chi connectivity index (χ3n) is 0.390. The second kappa shape index (κ2) is 2.46. The van der Waals surface area contributed by atoms with Gasteiger partial charge in [0.1, 0.15) is 0 Å². The van der Waals surface area contributed by atoms with E-state index in [1.165, 1.54) is 0 Å². The lowest BCUT2D eigenvalue weighted by Gasteiger charge is -2.01. The van der Waals surface area contributed by atoms with E-state index in [0.29, 0.717) is 6.04 Å². The zero-order valence-corrected chi connectivity index (χ0v) is 6.04. The maximum Gasteiger partial charge on any atom is 0.209 e. The molecule has 0 saturated carbocycles. The average molecular weight is 136 g/mol. The van der Waals surface area contributed by atoms with Crippen molar-refractivity contribution in [3.05, 3.63) is 6.04 Å². The van der Waals surface area contributed by atoms with Crippen molar-refractivity contribution in [2.45, 2.75) is 13.8 Å². The van der Waals surface area contributed by atoms with Gasteiger partial charge in [0.25, 0.3) is 0 Å². The summed E-state index contributed by atoms with van der Waals surface area (Å²) in [6, 6.07) is 0.688. The van der Waals surface area contributed by atoms with Gasteiger partial charge >= 0.3 is 0 Å². The first kappa shape index (κ1) is 7.91. The molecule has 0 atom stereocenters. The van der Waals surface area contributed by atoms with E-state index in [-0.39, 0.29) is 0 Å². The quantitative estimate of drug-likeness (QED) is 0.585. The second-order valence-electron chi connectivity index (χ2n) is 1.87. The third kappa shape index (κ3) is 5.91. The van der Waals surface area contributed by atoms with Crippen molar-refractivity contribution < 1.29 is 8.42 Å². The van der Waals surface area contributed by atoms with Gasteiger partial charge in [-0.25, -0.2) is 13.1 Å². The molecule has 0 fully saturated rings. The monoisotopic (exact) mass is 136 g/mol. The van der Waals surface area contributed by atoms with Crippen molar-refractivity contribution in [1.82, 2.24) is 4.72 Å². The summed E-state index contributed by atoms with van der Waals surface area (Å²) in [5.41, 5.74) is 0. The lowest BCUT2D eigenvalue weighted by atomic mass is 10.4. The molecule has 0 aromatic heterocycles. The standard InChI is InChI=1S/C4H10NO2S/c1-4(2)5-8(3,6)7/h5H,1-3H3. The molecule has 1 N–H and O–H groups in total. The number of nitrogens with one attached hydrogen (secondary N) is 1. The van der Waals surface area contributed by atoms with Crippen molar-refractivity contribution in [3.8, 4) is 0 Å². The molecule has 0 amide bonds. The molecular formula is C4H10NO2S. The largest absolute Gasteiger partial charge is 0.213 e. The van der Waals surface area contributed by atoms with Crippen LogP contribution in [0.1, 0.15) is 13.8 Å². The molecule has 0 bridgehead atoms. The van der Waals surface area contributed by atoms with Crippen LogP contribution in [0.15, 0.2) is 0 Å². The first-order valence-electron chi connectivity index (χ1n) is 2.20. The van der Waals surface area contributed by atoms with E-state index in [1.54, 1.807) is 13.8 Å². The Morgan fingerprint density at radius 2 is 1.75 bits per heavy atom. The van der Waals surface area contributed by atoms with Gasteiger partial charge in [-0.15, -0.1) is 0 Å². The first-order valence-corrected chi connectivity index (χ1v) is 4.09.